The summed E-state index contributed by atoms with van der Waals surface area (Å²) in [4.78, 5) is 27.0. The topological polar surface area (TPSA) is 104 Å². The molecule has 0 atom stereocenters. The van der Waals surface area contributed by atoms with Crippen LogP contribution in [0.5, 0.6) is 0 Å². The molecular weight excluding hydrogens is 236 g/mol. The molecular formula is C11H20N4O3. The van der Waals surface area contributed by atoms with Crippen LogP contribution in [0.25, 0.3) is 0 Å². The zero-order valence-corrected chi connectivity index (χ0v) is 10.8. The first-order valence-electron chi connectivity index (χ1n) is 5.89. The normalized spacial score (nSPS) is 10.6. The van der Waals surface area contributed by atoms with Crippen molar-refractivity contribution >= 4 is 11.5 Å². The fourth-order valence-electron chi connectivity index (χ4n) is 1.74. The SMILES string of the molecule is CN(CCCCCO)c1c(N)n(C)c(=O)[nH]c1=O. The van der Waals surface area contributed by atoms with E-state index in [1.807, 2.05) is 0 Å². The third-order valence-corrected chi connectivity index (χ3v) is 2.88. The molecule has 0 aliphatic carbocycles. The number of hydrogen-bond acceptors (Lipinski definition) is 5. The zero-order valence-electron chi connectivity index (χ0n) is 10.8. The second-order valence-electron chi connectivity index (χ2n) is 4.26. The molecule has 1 aromatic heterocycles. The van der Waals surface area contributed by atoms with E-state index in [0.717, 1.165) is 19.3 Å². The van der Waals surface area contributed by atoms with E-state index in [1.54, 1.807) is 11.9 Å². The van der Waals surface area contributed by atoms with Gasteiger partial charge in [0.15, 0.2) is 0 Å². The summed E-state index contributed by atoms with van der Waals surface area (Å²) in [5.41, 5.74) is 5.09. The Morgan fingerprint density at radius 3 is 2.61 bits per heavy atom. The van der Waals surface area contributed by atoms with Gasteiger partial charge in [-0.15, -0.1) is 0 Å². The number of aromatic nitrogens is 2. The van der Waals surface area contributed by atoms with Crippen LogP contribution >= 0.6 is 0 Å². The summed E-state index contributed by atoms with van der Waals surface area (Å²) in [5, 5.41) is 8.68. The van der Waals surface area contributed by atoms with Gasteiger partial charge in [0, 0.05) is 27.2 Å². The highest BCUT2D eigenvalue weighted by Gasteiger charge is 2.13. The minimum absolute atomic E-state index is 0.161. The van der Waals surface area contributed by atoms with Crippen LogP contribution < -0.4 is 21.9 Å². The van der Waals surface area contributed by atoms with Crippen LogP contribution in [-0.2, 0) is 7.05 Å². The number of nitrogens with one attached hydrogen (secondary N) is 1. The van der Waals surface area contributed by atoms with Gasteiger partial charge in [-0.2, -0.15) is 0 Å². The van der Waals surface area contributed by atoms with Crippen molar-refractivity contribution in [2.24, 2.45) is 7.05 Å². The Balaban J connectivity index is 2.86. The highest BCUT2D eigenvalue weighted by atomic mass is 16.3. The molecule has 0 radical (unpaired) electrons. The van der Waals surface area contributed by atoms with Gasteiger partial charge in [0.2, 0.25) is 0 Å². The maximum Gasteiger partial charge on any atom is 0.329 e. The smallest absolute Gasteiger partial charge is 0.329 e. The lowest BCUT2D eigenvalue weighted by Crippen LogP contribution is -2.36. The summed E-state index contributed by atoms with van der Waals surface area (Å²) < 4.78 is 1.21. The van der Waals surface area contributed by atoms with Gasteiger partial charge in [0.25, 0.3) is 5.56 Å². The van der Waals surface area contributed by atoms with Crippen molar-refractivity contribution in [3.8, 4) is 0 Å². The number of anilines is 2. The molecule has 0 amide bonds. The molecule has 0 saturated heterocycles. The Kier molecular flexibility index (Phi) is 4.96. The molecule has 0 aromatic carbocycles. The molecule has 0 saturated carbocycles. The lowest BCUT2D eigenvalue weighted by atomic mass is 10.2. The molecule has 7 heteroatoms. The maximum atomic E-state index is 11.7. The number of nitrogen functional groups attached to an aromatic ring is 1. The van der Waals surface area contributed by atoms with Crippen molar-refractivity contribution in [2.75, 3.05) is 30.8 Å². The predicted octanol–water partition coefficient (Wildman–Crippen LogP) is -0.745. The van der Waals surface area contributed by atoms with Crippen molar-refractivity contribution in [2.45, 2.75) is 19.3 Å². The van der Waals surface area contributed by atoms with E-state index >= 15 is 0 Å². The molecule has 0 fully saturated rings. The Labute approximate surface area is 105 Å². The number of unbranched alkanes of at least 4 members (excludes halogenated alkanes) is 2. The first kappa shape index (κ1) is 14.3. The van der Waals surface area contributed by atoms with Crippen molar-refractivity contribution in [1.29, 1.82) is 0 Å². The summed E-state index contributed by atoms with van der Waals surface area (Å²) in [6.45, 7) is 0.817. The van der Waals surface area contributed by atoms with Crippen molar-refractivity contribution in [3.63, 3.8) is 0 Å². The number of rotatable bonds is 6. The number of H-pyrrole nitrogens is 1. The van der Waals surface area contributed by atoms with E-state index in [0.29, 0.717) is 12.2 Å². The zero-order chi connectivity index (χ0) is 13.7. The Bertz CT molecular complexity index is 506. The first-order valence-corrected chi connectivity index (χ1v) is 5.89. The molecule has 0 spiro atoms. The largest absolute Gasteiger partial charge is 0.396 e. The first-order chi connectivity index (χ1) is 8.49. The standard InChI is InChI=1S/C11H20N4O3/c1-14(6-4-3-5-7-16)8-9(12)15(2)11(18)13-10(8)17/h16H,3-7,12H2,1-2H3,(H,13,17,18). The summed E-state index contributed by atoms with van der Waals surface area (Å²) >= 11 is 0. The fraction of sp³-hybridized carbons (Fsp3) is 0.636. The van der Waals surface area contributed by atoms with Crippen LogP contribution in [0, 0.1) is 0 Å². The van der Waals surface area contributed by atoms with Gasteiger partial charge in [-0.25, -0.2) is 4.79 Å². The molecule has 102 valence electrons. The lowest BCUT2D eigenvalue weighted by Gasteiger charge is -2.20. The minimum atomic E-state index is -0.519. The molecule has 1 heterocycles. The monoisotopic (exact) mass is 256 g/mol. The molecule has 0 unspecified atom stereocenters. The second kappa shape index (κ2) is 6.25. The quantitative estimate of drug-likeness (QED) is 0.581. The average Bonchev–Trinajstić information content (AvgIpc) is 2.32. The molecule has 18 heavy (non-hydrogen) atoms. The second-order valence-corrected chi connectivity index (χ2v) is 4.26. The molecule has 0 bridgehead atoms. The van der Waals surface area contributed by atoms with E-state index in [4.69, 9.17) is 10.8 Å². The molecule has 4 N–H and O–H groups in total. The Morgan fingerprint density at radius 2 is 2.00 bits per heavy atom. The highest BCUT2D eigenvalue weighted by Crippen LogP contribution is 2.14. The van der Waals surface area contributed by atoms with Gasteiger partial charge in [0.05, 0.1) is 0 Å². The van der Waals surface area contributed by atoms with Crippen molar-refractivity contribution in [1.82, 2.24) is 9.55 Å². The fourth-order valence-corrected chi connectivity index (χ4v) is 1.74. The van der Waals surface area contributed by atoms with Crippen LogP contribution in [0.2, 0.25) is 0 Å². The third kappa shape index (κ3) is 3.13. The van der Waals surface area contributed by atoms with E-state index in [-0.39, 0.29) is 12.4 Å². The molecule has 7 nitrogen and oxygen atoms in total. The van der Waals surface area contributed by atoms with E-state index in [2.05, 4.69) is 4.98 Å². The summed E-state index contributed by atoms with van der Waals surface area (Å²) in [6, 6.07) is 0. The van der Waals surface area contributed by atoms with Crippen molar-refractivity contribution in [3.05, 3.63) is 20.8 Å². The Hall–Kier alpha value is -1.76. The Morgan fingerprint density at radius 1 is 1.33 bits per heavy atom. The number of aromatic amines is 1. The van der Waals surface area contributed by atoms with Gasteiger partial charge in [-0.05, 0) is 19.3 Å². The highest BCUT2D eigenvalue weighted by molar-refractivity contribution is 5.61. The minimum Gasteiger partial charge on any atom is -0.396 e. The summed E-state index contributed by atoms with van der Waals surface area (Å²) in [5.74, 6) is 0.161. The van der Waals surface area contributed by atoms with Crippen LogP contribution in [0.3, 0.4) is 0 Å². The number of aliphatic hydroxyl groups is 1. The number of nitrogens with two attached hydrogens (primary N) is 1. The van der Waals surface area contributed by atoms with Crippen LogP contribution in [0.4, 0.5) is 11.5 Å². The van der Waals surface area contributed by atoms with E-state index in [9.17, 15) is 9.59 Å². The van der Waals surface area contributed by atoms with Crippen molar-refractivity contribution < 1.29 is 5.11 Å². The van der Waals surface area contributed by atoms with Crippen LogP contribution in [0.1, 0.15) is 19.3 Å². The molecule has 1 rings (SSSR count). The van der Waals surface area contributed by atoms with E-state index in [1.165, 1.54) is 11.6 Å². The summed E-state index contributed by atoms with van der Waals surface area (Å²) in [6.07, 6.45) is 2.47. The van der Waals surface area contributed by atoms with Gasteiger partial charge < -0.3 is 15.7 Å². The average molecular weight is 256 g/mol. The van der Waals surface area contributed by atoms with Gasteiger partial charge in [0.1, 0.15) is 11.5 Å². The number of aliphatic hydroxyl groups excluding tert-OH is 1. The number of nitrogens with zero attached hydrogens (tertiary/aromatic N) is 2. The summed E-state index contributed by atoms with van der Waals surface area (Å²) in [7, 11) is 3.26. The van der Waals surface area contributed by atoms with Gasteiger partial charge >= 0.3 is 5.69 Å². The van der Waals surface area contributed by atoms with Gasteiger partial charge in [-0.3, -0.25) is 14.3 Å². The van der Waals surface area contributed by atoms with E-state index < -0.39 is 11.2 Å². The molecule has 0 aliphatic heterocycles. The van der Waals surface area contributed by atoms with Crippen LogP contribution in [-0.4, -0.2) is 34.9 Å². The molecule has 0 aliphatic rings. The molecule has 1 aromatic rings. The predicted molar refractivity (Wildman–Crippen MR) is 70.9 cm³/mol. The lowest BCUT2D eigenvalue weighted by molar-refractivity contribution is 0.283. The maximum absolute atomic E-state index is 11.7. The third-order valence-electron chi connectivity index (χ3n) is 2.88. The number of hydrogen-bond donors (Lipinski definition) is 3. The van der Waals surface area contributed by atoms with Gasteiger partial charge in [-0.1, -0.05) is 0 Å². The van der Waals surface area contributed by atoms with Crippen LogP contribution in [0.15, 0.2) is 9.59 Å².